The van der Waals surface area contributed by atoms with Crippen LogP contribution in [0.4, 0.5) is 0 Å². The molecule has 0 N–H and O–H groups in total. The smallest absolute Gasteiger partial charge is 0.231 e. The molecule has 1 fully saturated rings. The average Bonchev–Trinajstić information content (AvgIpc) is 2.98. The fourth-order valence-electron chi connectivity index (χ4n) is 2.25. The minimum Gasteiger partial charge on any atom is -0.454 e. The predicted molar refractivity (Wildman–Crippen MR) is 62.4 cm³/mol. The molecule has 0 aliphatic carbocycles. The molecule has 0 aromatic heterocycles. The molecule has 3 heteroatoms. The second kappa shape index (κ2) is 3.74. The van der Waals surface area contributed by atoms with E-state index in [1.54, 1.807) is 0 Å². The average molecular weight is 217 g/mol. The van der Waals surface area contributed by atoms with E-state index in [1.165, 1.54) is 12.8 Å². The van der Waals surface area contributed by atoms with Crippen molar-refractivity contribution in [3.63, 3.8) is 0 Å². The first-order valence-corrected chi connectivity index (χ1v) is 5.68. The van der Waals surface area contributed by atoms with E-state index in [1.807, 2.05) is 18.2 Å². The normalized spacial score (nSPS) is 17.9. The highest BCUT2D eigenvalue weighted by atomic mass is 16.7. The Kier molecular flexibility index (Phi) is 2.24. The minimum absolute atomic E-state index is 0.328. The van der Waals surface area contributed by atoms with Crippen LogP contribution in [0.2, 0.25) is 0 Å². The van der Waals surface area contributed by atoms with Crippen LogP contribution in [0, 0.1) is 0 Å². The summed E-state index contributed by atoms with van der Waals surface area (Å²) < 4.78 is 10.7. The van der Waals surface area contributed by atoms with Gasteiger partial charge in [-0.3, -0.25) is 0 Å². The monoisotopic (exact) mass is 217 g/mol. The van der Waals surface area contributed by atoms with Crippen LogP contribution in [0.5, 0.6) is 11.5 Å². The maximum absolute atomic E-state index is 5.37. The Balaban J connectivity index is 1.86. The number of fused-ring (bicyclic) bond motifs is 1. The molecule has 0 atom stereocenters. The Bertz CT molecular complexity index is 422. The van der Waals surface area contributed by atoms with Crippen molar-refractivity contribution in [1.29, 1.82) is 0 Å². The van der Waals surface area contributed by atoms with E-state index < -0.39 is 0 Å². The van der Waals surface area contributed by atoms with E-state index in [0.717, 1.165) is 35.8 Å². The van der Waals surface area contributed by atoms with E-state index in [0.29, 0.717) is 6.79 Å². The number of hydrogen-bond acceptors (Lipinski definition) is 3. The van der Waals surface area contributed by atoms with Crippen molar-refractivity contribution < 1.29 is 9.47 Å². The Morgan fingerprint density at radius 2 is 1.88 bits per heavy atom. The highest BCUT2D eigenvalue weighted by molar-refractivity contribution is 5.65. The van der Waals surface area contributed by atoms with Gasteiger partial charge in [-0.1, -0.05) is 6.58 Å². The van der Waals surface area contributed by atoms with Gasteiger partial charge in [0.25, 0.3) is 0 Å². The van der Waals surface area contributed by atoms with Crippen molar-refractivity contribution in [2.24, 2.45) is 0 Å². The molecule has 84 valence electrons. The molecular formula is C13H15NO2. The largest absolute Gasteiger partial charge is 0.454 e. The summed E-state index contributed by atoms with van der Waals surface area (Å²) in [4.78, 5) is 2.33. The zero-order valence-electron chi connectivity index (χ0n) is 9.24. The maximum atomic E-state index is 5.37. The summed E-state index contributed by atoms with van der Waals surface area (Å²) in [6, 6.07) is 6.02. The van der Waals surface area contributed by atoms with E-state index in [-0.39, 0.29) is 0 Å². The summed E-state index contributed by atoms with van der Waals surface area (Å²) >= 11 is 0. The second-order valence-corrected chi connectivity index (χ2v) is 4.21. The lowest BCUT2D eigenvalue weighted by molar-refractivity contribution is 0.174. The Morgan fingerprint density at radius 1 is 1.12 bits per heavy atom. The minimum atomic E-state index is 0.328. The molecule has 2 heterocycles. The van der Waals surface area contributed by atoms with Gasteiger partial charge in [-0.25, -0.2) is 0 Å². The summed E-state index contributed by atoms with van der Waals surface area (Å²) in [5, 5.41) is 0. The molecule has 0 saturated carbocycles. The predicted octanol–water partition coefficient (Wildman–Crippen LogP) is 2.48. The van der Waals surface area contributed by atoms with E-state index in [2.05, 4.69) is 11.5 Å². The maximum Gasteiger partial charge on any atom is 0.231 e. The molecule has 2 aliphatic heterocycles. The van der Waals surface area contributed by atoms with Gasteiger partial charge < -0.3 is 14.4 Å². The quantitative estimate of drug-likeness (QED) is 0.759. The van der Waals surface area contributed by atoms with Crippen molar-refractivity contribution in [2.45, 2.75) is 12.8 Å². The van der Waals surface area contributed by atoms with Gasteiger partial charge in [0, 0.05) is 24.4 Å². The number of likely N-dealkylation sites (tertiary alicyclic amines) is 1. The van der Waals surface area contributed by atoms with Crippen LogP contribution >= 0.6 is 0 Å². The number of nitrogens with zero attached hydrogens (tertiary/aromatic N) is 1. The van der Waals surface area contributed by atoms with Gasteiger partial charge in [0.15, 0.2) is 11.5 Å². The van der Waals surface area contributed by atoms with Crippen molar-refractivity contribution >= 4 is 5.70 Å². The topological polar surface area (TPSA) is 21.7 Å². The van der Waals surface area contributed by atoms with Gasteiger partial charge in [0.1, 0.15) is 0 Å². The highest BCUT2D eigenvalue weighted by Gasteiger charge is 2.18. The second-order valence-electron chi connectivity index (χ2n) is 4.21. The molecule has 16 heavy (non-hydrogen) atoms. The number of hydrogen-bond donors (Lipinski definition) is 0. The molecular weight excluding hydrogens is 202 g/mol. The zero-order chi connectivity index (χ0) is 11.0. The Labute approximate surface area is 95.3 Å². The standard InChI is InChI=1S/C13H15NO2/c1-10(14-6-2-3-7-14)11-4-5-12-13(8-11)16-9-15-12/h4-5,8H,1-3,6-7,9H2. The third-order valence-electron chi connectivity index (χ3n) is 3.19. The highest BCUT2D eigenvalue weighted by Crippen LogP contribution is 2.35. The summed E-state index contributed by atoms with van der Waals surface area (Å²) in [6.07, 6.45) is 2.53. The van der Waals surface area contributed by atoms with Crippen LogP contribution in [-0.4, -0.2) is 24.8 Å². The molecule has 0 spiro atoms. The lowest BCUT2D eigenvalue weighted by atomic mass is 10.1. The van der Waals surface area contributed by atoms with E-state index in [4.69, 9.17) is 9.47 Å². The SMILES string of the molecule is C=C(c1ccc2c(c1)OCO2)N1CCCC1. The number of ether oxygens (including phenoxy) is 2. The molecule has 3 rings (SSSR count). The first-order valence-electron chi connectivity index (χ1n) is 5.68. The van der Waals surface area contributed by atoms with Crippen LogP contribution in [0.3, 0.4) is 0 Å². The Morgan fingerprint density at radius 3 is 2.69 bits per heavy atom. The van der Waals surface area contributed by atoms with Crippen LogP contribution in [0.1, 0.15) is 18.4 Å². The molecule has 0 unspecified atom stereocenters. The fraction of sp³-hybridized carbons (Fsp3) is 0.385. The van der Waals surface area contributed by atoms with E-state index in [9.17, 15) is 0 Å². The molecule has 2 aliphatic rings. The van der Waals surface area contributed by atoms with Crippen LogP contribution in [0.15, 0.2) is 24.8 Å². The van der Waals surface area contributed by atoms with E-state index >= 15 is 0 Å². The fourth-order valence-corrected chi connectivity index (χ4v) is 2.25. The van der Waals surface area contributed by atoms with Gasteiger partial charge in [-0.2, -0.15) is 0 Å². The lowest BCUT2D eigenvalue weighted by Crippen LogP contribution is -2.16. The summed E-state index contributed by atoms with van der Waals surface area (Å²) in [5.74, 6) is 1.66. The van der Waals surface area contributed by atoms with Gasteiger partial charge in [0.2, 0.25) is 6.79 Å². The third kappa shape index (κ3) is 1.52. The van der Waals surface area contributed by atoms with Crippen LogP contribution in [0.25, 0.3) is 5.70 Å². The molecule has 0 radical (unpaired) electrons. The van der Waals surface area contributed by atoms with Gasteiger partial charge in [0.05, 0.1) is 0 Å². The van der Waals surface area contributed by atoms with Crippen molar-refractivity contribution in [3.05, 3.63) is 30.3 Å². The van der Waals surface area contributed by atoms with Crippen molar-refractivity contribution in [2.75, 3.05) is 19.9 Å². The zero-order valence-corrected chi connectivity index (χ0v) is 9.24. The lowest BCUT2D eigenvalue weighted by Gasteiger charge is -2.20. The van der Waals surface area contributed by atoms with Gasteiger partial charge in [-0.15, -0.1) is 0 Å². The van der Waals surface area contributed by atoms with Crippen molar-refractivity contribution in [3.8, 4) is 11.5 Å². The molecule has 1 aromatic carbocycles. The first-order chi connectivity index (χ1) is 7.84. The molecule has 1 saturated heterocycles. The molecule has 0 bridgehead atoms. The summed E-state index contributed by atoms with van der Waals surface area (Å²) in [5.41, 5.74) is 2.22. The number of rotatable bonds is 2. The third-order valence-corrected chi connectivity index (χ3v) is 3.19. The van der Waals surface area contributed by atoms with Crippen molar-refractivity contribution in [1.82, 2.24) is 4.90 Å². The molecule has 3 nitrogen and oxygen atoms in total. The summed E-state index contributed by atoms with van der Waals surface area (Å²) in [7, 11) is 0. The first kappa shape index (κ1) is 9.58. The number of benzene rings is 1. The molecule has 0 amide bonds. The van der Waals surface area contributed by atoms with Gasteiger partial charge in [-0.05, 0) is 31.0 Å². The summed E-state index contributed by atoms with van der Waals surface area (Å²) in [6.45, 7) is 6.73. The Hall–Kier alpha value is -1.64. The van der Waals surface area contributed by atoms with Gasteiger partial charge >= 0.3 is 0 Å². The molecule has 1 aromatic rings. The van der Waals surface area contributed by atoms with Crippen LogP contribution < -0.4 is 9.47 Å². The van der Waals surface area contributed by atoms with Crippen LogP contribution in [-0.2, 0) is 0 Å².